The number of carbonyl (C=O) groups is 1. The minimum Gasteiger partial charge on any atom is -0.462 e. The highest BCUT2D eigenvalue weighted by Gasteiger charge is 2.34. The van der Waals surface area contributed by atoms with Gasteiger partial charge in [0.25, 0.3) is 5.91 Å². The highest BCUT2D eigenvalue weighted by atomic mass is 35.5. The standard InChI is InChI=1S/C32H29ClF3N7O2/c1-18(34)31(44)43-9-8-42(16-21(43)6-7-37)30-24-11-27(36)23(25-14-38-13-19-4-3-5-26(33)29(19)25)12-28(24)39-32(40-30)45-17-22-10-20(35)15-41(22)2/h3-5,11-14,20-22H,1,6,8-10,15-17H2,2H3/t20-,21+,22+/m1/s1. The van der Waals surface area contributed by atoms with Crippen LogP contribution in [0.2, 0.25) is 5.02 Å². The molecule has 0 N–H and O–H groups in total. The van der Waals surface area contributed by atoms with Gasteiger partial charge < -0.3 is 14.5 Å². The fraction of sp³-hybridized carbons (Fsp3) is 0.344. The molecule has 2 aliphatic rings. The lowest BCUT2D eigenvalue weighted by Gasteiger charge is -2.41. The molecule has 232 valence electrons. The first-order valence-corrected chi connectivity index (χ1v) is 14.8. The number of nitriles is 1. The lowest BCUT2D eigenvalue weighted by atomic mass is 9.99. The number of piperazine rings is 1. The number of alkyl halides is 1. The number of fused-ring (bicyclic) bond motifs is 2. The van der Waals surface area contributed by atoms with E-state index in [0.717, 1.165) is 5.39 Å². The number of aromatic nitrogens is 3. The maximum absolute atomic E-state index is 16.0. The average molecular weight is 636 g/mol. The molecule has 2 fully saturated rings. The van der Waals surface area contributed by atoms with Crippen molar-refractivity contribution < 1.29 is 22.7 Å². The van der Waals surface area contributed by atoms with Gasteiger partial charge in [-0.3, -0.25) is 14.7 Å². The third-order valence-corrected chi connectivity index (χ3v) is 8.73. The summed E-state index contributed by atoms with van der Waals surface area (Å²) in [7, 11) is 1.82. The van der Waals surface area contributed by atoms with Crippen LogP contribution in [0.5, 0.6) is 6.01 Å². The molecule has 13 heteroatoms. The van der Waals surface area contributed by atoms with Gasteiger partial charge in [0.05, 0.1) is 24.0 Å². The van der Waals surface area contributed by atoms with E-state index in [1.807, 2.05) is 18.0 Å². The Labute approximate surface area is 262 Å². The smallest absolute Gasteiger partial charge is 0.319 e. The van der Waals surface area contributed by atoms with Crippen molar-refractivity contribution in [1.29, 1.82) is 5.26 Å². The molecular weight excluding hydrogens is 607 g/mol. The van der Waals surface area contributed by atoms with Crippen molar-refractivity contribution in [2.45, 2.75) is 31.1 Å². The van der Waals surface area contributed by atoms with Gasteiger partial charge in [0.1, 0.15) is 24.4 Å². The monoisotopic (exact) mass is 635 g/mol. The highest BCUT2D eigenvalue weighted by molar-refractivity contribution is 6.36. The number of hydrogen-bond acceptors (Lipinski definition) is 8. The number of halogens is 4. The Balaban J connectivity index is 1.44. The van der Waals surface area contributed by atoms with Gasteiger partial charge in [-0.2, -0.15) is 15.2 Å². The zero-order valence-corrected chi connectivity index (χ0v) is 25.1. The van der Waals surface area contributed by atoms with Crippen molar-refractivity contribution in [3.63, 3.8) is 0 Å². The Morgan fingerprint density at radius 2 is 2.00 bits per heavy atom. The normalized spacial score (nSPS) is 20.5. The molecule has 2 aliphatic heterocycles. The number of likely N-dealkylation sites (tertiary alicyclic amines) is 1. The van der Waals surface area contributed by atoms with E-state index in [0.29, 0.717) is 45.7 Å². The van der Waals surface area contributed by atoms with E-state index in [-0.39, 0.29) is 50.3 Å². The van der Waals surface area contributed by atoms with Gasteiger partial charge in [0.2, 0.25) is 0 Å². The van der Waals surface area contributed by atoms with E-state index >= 15 is 4.39 Å². The lowest BCUT2D eigenvalue weighted by Crippen LogP contribution is -2.55. The van der Waals surface area contributed by atoms with Crippen LogP contribution in [0.3, 0.4) is 0 Å². The van der Waals surface area contributed by atoms with Crippen LogP contribution >= 0.6 is 11.6 Å². The van der Waals surface area contributed by atoms with Crippen LogP contribution in [0.15, 0.2) is 55.1 Å². The summed E-state index contributed by atoms with van der Waals surface area (Å²) < 4.78 is 49.9. The van der Waals surface area contributed by atoms with E-state index in [2.05, 4.69) is 27.6 Å². The maximum Gasteiger partial charge on any atom is 0.319 e. The third kappa shape index (κ3) is 5.98. The Morgan fingerprint density at radius 1 is 1.18 bits per heavy atom. The molecule has 0 saturated carbocycles. The quantitative estimate of drug-likeness (QED) is 0.247. The van der Waals surface area contributed by atoms with Crippen LogP contribution in [-0.2, 0) is 4.79 Å². The summed E-state index contributed by atoms with van der Waals surface area (Å²) in [6, 6.07) is 9.48. The van der Waals surface area contributed by atoms with Crippen molar-refractivity contribution in [3.05, 3.63) is 66.0 Å². The molecule has 1 amide bonds. The molecular formula is C32H29ClF3N7O2. The van der Waals surface area contributed by atoms with E-state index < -0.39 is 29.8 Å². The summed E-state index contributed by atoms with van der Waals surface area (Å²) in [5.74, 6) is -2.23. The van der Waals surface area contributed by atoms with Gasteiger partial charge in [-0.1, -0.05) is 30.3 Å². The molecule has 2 aromatic heterocycles. The molecule has 0 unspecified atom stereocenters. The number of rotatable bonds is 7. The minimum absolute atomic E-state index is 0.00678. The number of pyridine rings is 1. The minimum atomic E-state index is -1.11. The number of carbonyl (C=O) groups excluding carboxylic acids is 1. The van der Waals surface area contributed by atoms with Crippen LogP contribution in [0.25, 0.3) is 32.8 Å². The number of benzene rings is 2. The Hall–Kier alpha value is -4.47. The first-order valence-electron chi connectivity index (χ1n) is 14.4. The molecule has 3 atom stereocenters. The Kier molecular flexibility index (Phi) is 8.48. The molecule has 4 aromatic rings. The highest BCUT2D eigenvalue weighted by Crippen LogP contribution is 2.38. The molecule has 2 saturated heterocycles. The summed E-state index contributed by atoms with van der Waals surface area (Å²) in [4.78, 5) is 31.0. The molecule has 45 heavy (non-hydrogen) atoms. The van der Waals surface area contributed by atoms with Gasteiger partial charge in [0.15, 0.2) is 5.83 Å². The van der Waals surface area contributed by atoms with Crippen LogP contribution in [0.4, 0.5) is 19.0 Å². The number of nitrogens with zero attached hydrogens (tertiary/aromatic N) is 7. The van der Waals surface area contributed by atoms with Crippen molar-refractivity contribution in [2.24, 2.45) is 0 Å². The largest absolute Gasteiger partial charge is 0.462 e. The number of hydrogen-bond donors (Lipinski definition) is 0. The molecule has 0 aliphatic carbocycles. The van der Waals surface area contributed by atoms with Crippen LogP contribution < -0.4 is 9.64 Å². The van der Waals surface area contributed by atoms with Gasteiger partial charge in [0, 0.05) is 76.9 Å². The molecule has 9 nitrogen and oxygen atoms in total. The summed E-state index contributed by atoms with van der Waals surface area (Å²) in [6.45, 7) is 3.97. The molecule has 2 aromatic carbocycles. The fourth-order valence-electron chi connectivity index (χ4n) is 6.15. The molecule has 4 heterocycles. The van der Waals surface area contributed by atoms with E-state index in [9.17, 15) is 18.8 Å². The van der Waals surface area contributed by atoms with Crippen molar-refractivity contribution >= 4 is 45.0 Å². The predicted octanol–water partition coefficient (Wildman–Crippen LogP) is 5.47. The number of anilines is 1. The number of ether oxygens (including phenoxy) is 1. The predicted molar refractivity (Wildman–Crippen MR) is 165 cm³/mol. The Bertz CT molecular complexity index is 1850. The van der Waals surface area contributed by atoms with Crippen LogP contribution in [0.1, 0.15) is 12.8 Å². The Morgan fingerprint density at radius 3 is 2.73 bits per heavy atom. The third-order valence-electron chi connectivity index (χ3n) is 8.41. The SMILES string of the molecule is C=C(F)C(=O)N1CCN(c2nc(OC[C@@H]3C[C@@H](F)CN3C)nc3cc(-c4cncc5cccc(Cl)c45)c(F)cc23)C[C@@H]1CC#N. The van der Waals surface area contributed by atoms with E-state index in [1.165, 1.54) is 11.0 Å². The first kappa shape index (κ1) is 30.6. The number of amides is 1. The van der Waals surface area contributed by atoms with Gasteiger partial charge in [-0.25, -0.2) is 13.2 Å². The van der Waals surface area contributed by atoms with Crippen LogP contribution in [0, 0.1) is 17.1 Å². The van der Waals surface area contributed by atoms with Crippen LogP contribution in [-0.4, -0.2) is 88.7 Å². The van der Waals surface area contributed by atoms with Crippen molar-refractivity contribution in [3.8, 4) is 23.2 Å². The van der Waals surface area contributed by atoms with Gasteiger partial charge in [-0.15, -0.1) is 0 Å². The second-order valence-electron chi connectivity index (χ2n) is 11.3. The summed E-state index contributed by atoms with van der Waals surface area (Å²) in [5.41, 5.74) is 1.07. The summed E-state index contributed by atoms with van der Waals surface area (Å²) >= 11 is 6.54. The zero-order chi connectivity index (χ0) is 31.8. The molecule has 0 spiro atoms. The molecule has 0 radical (unpaired) electrons. The van der Waals surface area contributed by atoms with Gasteiger partial charge >= 0.3 is 6.01 Å². The van der Waals surface area contributed by atoms with E-state index in [1.54, 1.807) is 35.5 Å². The maximum atomic E-state index is 16.0. The van der Waals surface area contributed by atoms with Crippen molar-refractivity contribution in [1.82, 2.24) is 24.8 Å². The second kappa shape index (κ2) is 12.5. The molecule has 6 rings (SSSR count). The average Bonchev–Trinajstić information content (AvgIpc) is 3.35. The lowest BCUT2D eigenvalue weighted by molar-refractivity contribution is -0.131. The van der Waals surface area contributed by atoms with Crippen molar-refractivity contribution in [2.75, 3.05) is 44.7 Å². The first-order chi connectivity index (χ1) is 21.6. The topological polar surface area (TPSA) is 98.5 Å². The fourth-order valence-corrected chi connectivity index (χ4v) is 6.43. The summed E-state index contributed by atoms with van der Waals surface area (Å²) in [5, 5.41) is 11.6. The van der Waals surface area contributed by atoms with E-state index in [4.69, 9.17) is 16.3 Å². The van der Waals surface area contributed by atoms with Gasteiger partial charge in [-0.05, 0) is 31.7 Å². The molecule has 0 bridgehead atoms. The zero-order valence-electron chi connectivity index (χ0n) is 24.4. The number of likely N-dealkylation sites (N-methyl/N-ethyl adjacent to an activating group) is 1. The second-order valence-corrected chi connectivity index (χ2v) is 11.7. The summed E-state index contributed by atoms with van der Waals surface area (Å²) in [6.07, 6.45) is 2.49.